The molecule has 1 aliphatic heterocycles. The SMILES string of the molecule is CCc1nc(COC(=O)C2CCCN2C(C)=O)cs1. The molecule has 1 aromatic rings. The Morgan fingerprint density at radius 2 is 2.37 bits per heavy atom. The Kier molecular flexibility index (Phi) is 4.52. The van der Waals surface area contributed by atoms with Gasteiger partial charge in [-0.3, -0.25) is 4.79 Å². The maximum atomic E-state index is 12.0. The summed E-state index contributed by atoms with van der Waals surface area (Å²) in [6, 6.07) is -0.415. The van der Waals surface area contributed by atoms with E-state index in [1.54, 1.807) is 16.2 Å². The molecule has 0 radical (unpaired) electrons. The highest BCUT2D eigenvalue weighted by Gasteiger charge is 2.33. The summed E-state index contributed by atoms with van der Waals surface area (Å²) in [7, 11) is 0. The van der Waals surface area contributed by atoms with Gasteiger partial charge in [-0.2, -0.15) is 0 Å². The number of aryl methyl sites for hydroxylation is 1. The van der Waals surface area contributed by atoms with Gasteiger partial charge in [0, 0.05) is 18.8 Å². The van der Waals surface area contributed by atoms with Crippen LogP contribution in [-0.4, -0.2) is 34.3 Å². The van der Waals surface area contributed by atoms with Crippen molar-refractivity contribution in [3.05, 3.63) is 16.1 Å². The van der Waals surface area contributed by atoms with Crippen LogP contribution in [-0.2, 0) is 27.4 Å². The van der Waals surface area contributed by atoms with Crippen LogP contribution in [0.15, 0.2) is 5.38 Å². The predicted molar refractivity (Wildman–Crippen MR) is 71.7 cm³/mol. The van der Waals surface area contributed by atoms with Crippen molar-refractivity contribution >= 4 is 23.2 Å². The fourth-order valence-corrected chi connectivity index (χ4v) is 2.94. The minimum atomic E-state index is -0.415. The molecule has 1 unspecified atom stereocenters. The fraction of sp³-hybridized carbons (Fsp3) is 0.615. The molecule has 5 nitrogen and oxygen atoms in total. The van der Waals surface area contributed by atoms with Crippen LogP contribution in [0, 0.1) is 0 Å². The van der Waals surface area contributed by atoms with Crippen LogP contribution < -0.4 is 0 Å². The Labute approximate surface area is 116 Å². The number of nitrogens with zero attached hydrogens (tertiary/aromatic N) is 2. The van der Waals surface area contributed by atoms with Crippen molar-refractivity contribution in [2.75, 3.05) is 6.54 Å². The number of carbonyl (C=O) groups excluding carboxylic acids is 2. The topological polar surface area (TPSA) is 59.5 Å². The van der Waals surface area contributed by atoms with Crippen LogP contribution in [0.5, 0.6) is 0 Å². The summed E-state index contributed by atoms with van der Waals surface area (Å²) in [5.41, 5.74) is 0.780. The Balaban J connectivity index is 1.88. The maximum absolute atomic E-state index is 12.0. The van der Waals surface area contributed by atoms with Gasteiger partial charge < -0.3 is 9.64 Å². The highest BCUT2D eigenvalue weighted by molar-refractivity contribution is 7.09. The van der Waals surface area contributed by atoms with Crippen molar-refractivity contribution in [1.82, 2.24) is 9.88 Å². The normalized spacial score (nSPS) is 18.6. The Morgan fingerprint density at radius 1 is 1.58 bits per heavy atom. The van der Waals surface area contributed by atoms with Gasteiger partial charge in [0.2, 0.25) is 5.91 Å². The zero-order valence-corrected chi connectivity index (χ0v) is 12.0. The van der Waals surface area contributed by atoms with Crippen molar-refractivity contribution in [1.29, 1.82) is 0 Å². The van der Waals surface area contributed by atoms with Gasteiger partial charge in [0.05, 0.1) is 10.7 Å². The molecule has 1 aliphatic rings. The van der Waals surface area contributed by atoms with E-state index in [4.69, 9.17) is 4.74 Å². The van der Waals surface area contributed by atoms with Crippen molar-refractivity contribution in [2.24, 2.45) is 0 Å². The summed E-state index contributed by atoms with van der Waals surface area (Å²) >= 11 is 1.57. The zero-order chi connectivity index (χ0) is 13.8. The minimum absolute atomic E-state index is 0.0682. The average Bonchev–Trinajstić information content (AvgIpc) is 3.04. The Morgan fingerprint density at radius 3 is 3.00 bits per heavy atom. The molecule has 0 N–H and O–H groups in total. The second-order valence-electron chi connectivity index (χ2n) is 4.56. The van der Waals surface area contributed by atoms with Gasteiger partial charge in [0.25, 0.3) is 0 Å². The summed E-state index contributed by atoms with van der Waals surface area (Å²) < 4.78 is 5.26. The molecular formula is C13H18N2O3S. The molecule has 0 saturated carbocycles. The van der Waals surface area contributed by atoms with E-state index in [1.165, 1.54) is 6.92 Å². The van der Waals surface area contributed by atoms with Crippen LogP contribution in [0.4, 0.5) is 0 Å². The number of esters is 1. The number of rotatable bonds is 4. The number of carbonyl (C=O) groups is 2. The van der Waals surface area contributed by atoms with Gasteiger partial charge in [-0.1, -0.05) is 6.92 Å². The van der Waals surface area contributed by atoms with Crippen LogP contribution >= 0.6 is 11.3 Å². The maximum Gasteiger partial charge on any atom is 0.329 e. The molecule has 2 rings (SSSR count). The van der Waals surface area contributed by atoms with Crippen LogP contribution in [0.1, 0.15) is 37.4 Å². The first-order valence-corrected chi connectivity index (χ1v) is 7.37. The fourth-order valence-electron chi connectivity index (χ4n) is 2.21. The molecule has 0 aromatic carbocycles. The van der Waals surface area contributed by atoms with Gasteiger partial charge in [-0.25, -0.2) is 9.78 Å². The van der Waals surface area contributed by atoms with Crippen molar-refractivity contribution in [2.45, 2.75) is 45.8 Å². The lowest BCUT2D eigenvalue weighted by molar-refractivity contribution is -0.154. The second-order valence-corrected chi connectivity index (χ2v) is 5.51. The molecule has 0 bridgehead atoms. The Hall–Kier alpha value is -1.43. The number of ether oxygens (including phenoxy) is 1. The van der Waals surface area contributed by atoms with Gasteiger partial charge in [0.1, 0.15) is 12.6 Å². The summed E-state index contributed by atoms with van der Waals surface area (Å²) in [5, 5.41) is 2.95. The molecule has 2 heterocycles. The van der Waals surface area contributed by atoms with E-state index in [1.807, 2.05) is 12.3 Å². The standard InChI is InChI=1S/C13H18N2O3S/c1-3-12-14-10(8-19-12)7-18-13(17)11-5-4-6-15(11)9(2)16/h8,11H,3-7H2,1-2H3. The van der Waals surface area contributed by atoms with Crippen LogP contribution in [0.2, 0.25) is 0 Å². The number of amides is 1. The number of likely N-dealkylation sites (tertiary alicyclic amines) is 1. The number of thiazole rings is 1. The quantitative estimate of drug-likeness (QED) is 0.790. The molecule has 1 saturated heterocycles. The number of hydrogen-bond acceptors (Lipinski definition) is 5. The smallest absolute Gasteiger partial charge is 0.329 e. The third-order valence-corrected chi connectivity index (χ3v) is 4.24. The third-order valence-electron chi connectivity index (χ3n) is 3.19. The minimum Gasteiger partial charge on any atom is -0.458 e. The first kappa shape index (κ1) is 14.0. The van der Waals surface area contributed by atoms with Crippen molar-refractivity contribution in [3.63, 3.8) is 0 Å². The lowest BCUT2D eigenvalue weighted by Gasteiger charge is -2.21. The molecule has 0 aliphatic carbocycles. The third kappa shape index (κ3) is 3.32. The zero-order valence-electron chi connectivity index (χ0n) is 11.2. The molecule has 1 amide bonds. The lowest BCUT2D eigenvalue weighted by Crippen LogP contribution is -2.40. The van der Waals surface area contributed by atoms with Crippen LogP contribution in [0.3, 0.4) is 0 Å². The monoisotopic (exact) mass is 282 g/mol. The van der Waals surface area contributed by atoms with E-state index in [-0.39, 0.29) is 18.5 Å². The highest BCUT2D eigenvalue weighted by Crippen LogP contribution is 2.19. The summed E-state index contributed by atoms with van der Waals surface area (Å²) in [5.74, 6) is -0.389. The van der Waals surface area contributed by atoms with Gasteiger partial charge in [-0.15, -0.1) is 11.3 Å². The van der Waals surface area contributed by atoms with Crippen molar-refractivity contribution in [3.8, 4) is 0 Å². The highest BCUT2D eigenvalue weighted by atomic mass is 32.1. The van der Waals surface area contributed by atoms with E-state index < -0.39 is 6.04 Å². The lowest BCUT2D eigenvalue weighted by atomic mass is 10.2. The molecular weight excluding hydrogens is 264 g/mol. The molecule has 1 aromatic heterocycles. The van der Waals surface area contributed by atoms with Gasteiger partial charge in [-0.05, 0) is 19.3 Å². The molecule has 0 spiro atoms. The molecule has 1 fully saturated rings. The first-order chi connectivity index (χ1) is 9.11. The predicted octanol–water partition coefficient (Wildman–Crippen LogP) is 1.76. The molecule has 19 heavy (non-hydrogen) atoms. The van der Waals surface area contributed by atoms with Gasteiger partial charge >= 0.3 is 5.97 Å². The van der Waals surface area contributed by atoms with Crippen molar-refractivity contribution < 1.29 is 14.3 Å². The first-order valence-electron chi connectivity index (χ1n) is 6.49. The molecule has 6 heteroatoms. The second kappa shape index (κ2) is 6.14. The molecule has 1 atom stereocenters. The van der Waals surface area contributed by atoms with E-state index in [0.717, 1.165) is 23.5 Å². The van der Waals surface area contributed by atoms with E-state index in [9.17, 15) is 9.59 Å². The van der Waals surface area contributed by atoms with Crippen LogP contribution in [0.25, 0.3) is 0 Å². The van der Waals surface area contributed by atoms with E-state index in [0.29, 0.717) is 13.0 Å². The molecule has 104 valence electrons. The average molecular weight is 282 g/mol. The summed E-state index contributed by atoms with van der Waals surface area (Å²) in [6.45, 7) is 4.36. The number of aromatic nitrogens is 1. The summed E-state index contributed by atoms with van der Waals surface area (Å²) in [6.07, 6.45) is 2.44. The summed E-state index contributed by atoms with van der Waals surface area (Å²) in [4.78, 5) is 29.3. The van der Waals surface area contributed by atoms with E-state index in [2.05, 4.69) is 4.98 Å². The van der Waals surface area contributed by atoms with E-state index >= 15 is 0 Å². The van der Waals surface area contributed by atoms with Gasteiger partial charge in [0.15, 0.2) is 0 Å². The Bertz CT molecular complexity index is 472. The largest absolute Gasteiger partial charge is 0.458 e. The number of hydrogen-bond donors (Lipinski definition) is 0.